The fourth-order valence-corrected chi connectivity index (χ4v) is 15.2. The molecule has 0 amide bonds. The first-order valence-electron chi connectivity index (χ1n) is 25.4. The minimum atomic E-state index is -0.0176. The molecule has 0 aromatic heterocycles. The van der Waals surface area contributed by atoms with Crippen molar-refractivity contribution in [2.24, 2.45) is 0 Å². The summed E-state index contributed by atoms with van der Waals surface area (Å²) < 4.78 is 0. The van der Waals surface area contributed by atoms with Crippen LogP contribution in [0.5, 0.6) is 0 Å². The Kier molecular flexibility index (Phi) is 9.26. The Morgan fingerprint density at radius 3 is 1.84 bits per heavy atom. The third-order valence-electron chi connectivity index (χ3n) is 19.7. The van der Waals surface area contributed by atoms with Crippen LogP contribution in [0.25, 0.3) is 11.1 Å². The summed E-state index contributed by atoms with van der Waals surface area (Å²) in [4.78, 5) is 2.77. The largest absolute Gasteiger partial charge is 0.379 e. The second kappa shape index (κ2) is 14.0. The Balaban J connectivity index is 1.13. The van der Waals surface area contributed by atoms with E-state index in [-0.39, 0.29) is 45.0 Å². The van der Waals surface area contributed by atoms with Crippen LogP contribution in [-0.4, -0.2) is 23.3 Å². The van der Waals surface area contributed by atoms with Crippen molar-refractivity contribution in [3.8, 4) is 11.1 Å². The molecule has 5 aromatic carbocycles. The summed E-state index contributed by atoms with van der Waals surface area (Å²) in [5.41, 5.74) is 21.7. The van der Waals surface area contributed by atoms with Crippen LogP contribution in [-0.2, 0) is 21.7 Å². The summed E-state index contributed by atoms with van der Waals surface area (Å²) in [6, 6.07) is 36.3. The van der Waals surface area contributed by atoms with Gasteiger partial charge in [0, 0.05) is 50.1 Å². The molecular weight excluding hydrogens is 773 g/mol. The topological polar surface area (TPSA) is 27.3 Å². The fraction of sp³-hybridized carbons (Fsp3) is 0.500. The van der Waals surface area contributed by atoms with Crippen LogP contribution < -0.4 is 31.9 Å². The van der Waals surface area contributed by atoms with Crippen LogP contribution in [0.2, 0.25) is 0 Å². The van der Waals surface area contributed by atoms with Crippen molar-refractivity contribution in [1.82, 2.24) is 0 Å². The molecule has 0 spiro atoms. The number of anilines is 4. The molecule has 5 aromatic rings. The first-order valence-corrected chi connectivity index (χ1v) is 25.4. The van der Waals surface area contributed by atoms with E-state index in [0.717, 1.165) is 0 Å². The van der Waals surface area contributed by atoms with Crippen molar-refractivity contribution in [2.75, 3.05) is 15.5 Å². The third-order valence-corrected chi connectivity index (χ3v) is 19.7. The third kappa shape index (κ3) is 5.65. The minimum absolute atomic E-state index is 0.00618. The zero-order chi connectivity index (χ0) is 44.8. The molecule has 64 heavy (non-hydrogen) atoms. The monoisotopic (exact) mass is 848 g/mol. The molecule has 3 aliphatic heterocycles. The van der Waals surface area contributed by atoms with Crippen LogP contribution >= 0.6 is 0 Å². The molecule has 3 fully saturated rings. The molecule has 332 valence electrons. The van der Waals surface area contributed by atoms with Crippen LogP contribution in [0.1, 0.15) is 173 Å². The number of aryl methyl sites for hydroxylation is 2. The van der Waals surface area contributed by atoms with Gasteiger partial charge in [-0.15, -0.1) is 0 Å². The van der Waals surface area contributed by atoms with Crippen LogP contribution in [0.4, 0.5) is 22.7 Å². The molecule has 6 unspecified atom stereocenters. The number of benzene rings is 5. The van der Waals surface area contributed by atoms with Gasteiger partial charge in [0.2, 0.25) is 6.71 Å². The Labute approximate surface area is 386 Å². The lowest BCUT2D eigenvalue weighted by molar-refractivity contribution is 0.195. The van der Waals surface area contributed by atoms with Gasteiger partial charge >= 0.3 is 0 Å². The quantitative estimate of drug-likeness (QED) is 0.173. The molecule has 0 saturated heterocycles. The number of nitrogens with one attached hydrogen (secondary N) is 2. The van der Waals surface area contributed by atoms with Gasteiger partial charge < -0.3 is 15.5 Å². The van der Waals surface area contributed by atoms with Gasteiger partial charge in [-0.1, -0.05) is 158 Å². The molecule has 3 saturated carbocycles. The van der Waals surface area contributed by atoms with Crippen molar-refractivity contribution < 1.29 is 0 Å². The van der Waals surface area contributed by atoms with Crippen molar-refractivity contribution in [2.45, 2.75) is 191 Å². The van der Waals surface area contributed by atoms with E-state index in [1.807, 2.05) is 0 Å². The van der Waals surface area contributed by atoms with Crippen molar-refractivity contribution in [1.29, 1.82) is 0 Å². The van der Waals surface area contributed by atoms with Crippen molar-refractivity contribution in [3.05, 3.63) is 124 Å². The molecule has 3 aliphatic carbocycles. The molecule has 3 nitrogen and oxygen atoms in total. The molecular formula is C60H74BN3. The zero-order valence-electron chi connectivity index (χ0n) is 41.2. The Morgan fingerprint density at radius 2 is 1.16 bits per heavy atom. The van der Waals surface area contributed by atoms with Crippen LogP contribution in [0, 0.1) is 13.8 Å². The van der Waals surface area contributed by atoms with E-state index in [2.05, 4.69) is 183 Å². The maximum absolute atomic E-state index is 4.40. The number of fused-ring (bicyclic) bond motifs is 9. The van der Waals surface area contributed by atoms with Gasteiger partial charge in [-0.3, -0.25) is 0 Å². The maximum Gasteiger partial charge on any atom is 0.246 e. The Hall–Kier alpha value is -4.44. The minimum Gasteiger partial charge on any atom is -0.379 e. The molecule has 4 heteroatoms. The summed E-state index contributed by atoms with van der Waals surface area (Å²) in [7, 11) is 0. The highest BCUT2D eigenvalue weighted by molar-refractivity contribution is 6.97. The average Bonchev–Trinajstić information content (AvgIpc) is 3.75. The highest BCUT2D eigenvalue weighted by atomic mass is 15.3. The lowest BCUT2D eigenvalue weighted by Gasteiger charge is -2.50. The normalized spacial score (nSPS) is 31.2. The van der Waals surface area contributed by atoms with E-state index >= 15 is 0 Å². The highest BCUT2D eigenvalue weighted by Crippen LogP contribution is 2.62. The molecule has 6 atom stereocenters. The zero-order valence-corrected chi connectivity index (χ0v) is 41.2. The summed E-state index contributed by atoms with van der Waals surface area (Å²) in [5, 5.41) is 8.78. The molecule has 2 N–H and O–H groups in total. The predicted molar refractivity (Wildman–Crippen MR) is 276 cm³/mol. The first kappa shape index (κ1) is 42.2. The van der Waals surface area contributed by atoms with Gasteiger partial charge in [-0.2, -0.15) is 0 Å². The summed E-state index contributed by atoms with van der Waals surface area (Å²) in [6.45, 7) is 27.5. The van der Waals surface area contributed by atoms with Crippen LogP contribution in [0.15, 0.2) is 91.0 Å². The number of rotatable bonds is 5. The number of nitrogens with zero attached hydrogens (tertiary/aromatic N) is 1. The highest BCUT2D eigenvalue weighted by Gasteiger charge is 2.59. The summed E-state index contributed by atoms with van der Waals surface area (Å²) >= 11 is 0. The van der Waals surface area contributed by atoms with E-state index < -0.39 is 0 Å². The van der Waals surface area contributed by atoms with Gasteiger partial charge in [-0.05, 0) is 153 Å². The molecule has 0 radical (unpaired) electrons. The van der Waals surface area contributed by atoms with Gasteiger partial charge in [0.15, 0.2) is 0 Å². The second-order valence-electron chi connectivity index (χ2n) is 24.2. The summed E-state index contributed by atoms with van der Waals surface area (Å²) in [6.07, 6.45) is 15.0. The Morgan fingerprint density at radius 1 is 0.547 bits per heavy atom. The maximum atomic E-state index is 4.40. The van der Waals surface area contributed by atoms with Gasteiger partial charge in [0.1, 0.15) is 0 Å². The lowest BCUT2D eigenvalue weighted by atomic mass is 9.35. The average molecular weight is 848 g/mol. The summed E-state index contributed by atoms with van der Waals surface area (Å²) in [5.74, 6) is 0. The smallest absolute Gasteiger partial charge is 0.246 e. The van der Waals surface area contributed by atoms with E-state index in [1.165, 1.54) is 150 Å². The van der Waals surface area contributed by atoms with E-state index in [4.69, 9.17) is 0 Å². The van der Waals surface area contributed by atoms with Gasteiger partial charge in [-0.25, -0.2) is 0 Å². The number of hydrogen-bond donors (Lipinski definition) is 2. The van der Waals surface area contributed by atoms with E-state index in [0.29, 0.717) is 0 Å². The predicted octanol–water partition coefficient (Wildman–Crippen LogP) is 13.6. The van der Waals surface area contributed by atoms with E-state index in [1.54, 1.807) is 11.1 Å². The fourth-order valence-electron chi connectivity index (χ4n) is 15.2. The Bertz CT molecular complexity index is 2690. The van der Waals surface area contributed by atoms with Gasteiger partial charge in [0.05, 0.1) is 5.54 Å². The number of hydrogen-bond acceptors (Lipinski definition) is 3. The lowest BCUT2D eigenvalue weighted by Crippen LogP contribution is -2.56. The van der Waals surface area contributed by atoms with Crippen molar-refractivity contribution in [3.63, 3.8) is 0 Å². The molecule has 11 rings (SSSR count). The van der Waals surface area contributed by atoms with E-state index in [9.17, 15) is 0 Å². The standard InChI is InChI=1S/C60H74BN3/c1-39-35-40(2)51(53-50(39)57(8)31-16-19-33-59(57,10)63-53)61(48-38-43(54(3,4)5)37-47-52(48)62-58(9)32-18-15-29-55(47,58)6)44-24-26-45(27-25-44)64-49-28-23-42(41-21-13-12-14-22-41)36-46(49)56(7)30-17-20-34-60(56,64)11/h12-14,21-28,35-38,62-63H,15-20,29-34H2,1-11H3. The molecule has 3 heterocycles. The second-order valence-corrected chi connectivity index (χ2v) is 24.2. The molecule has 6 aliphatic rings. The van der Waals surface area contributed by atoms with Gasteiger partial charge in [0.25, 0.3) is 0 Å². The first-order chi connectivity index (χ1) is 30.4. The van der Waals surface area contributed by atoms with Crippen LogP contribution in [0.3, 0.4) is 0 Å². The van der Waals surface area contributed by atoms with Crippen molar-refractivity contribution >= 4 is 45.9 Å². The SMILES string of the molecule is Cc1cc(C)c2c(c1B(c1ccc(N3c4ccc(-c5ccccc5)cc4C4(C)CCCCC34C)cc1)c1cc(C(C)(C)C)cc3c1NC1(C)CCCCC31C)NC1(C)CCCCC21C. The molecule has 0 bridgehead atoms.